The van der Waals surface area contributed by atoms with Crippen LogP contribution in [0.2, 0.25) is 0 Å². The Morgan fingerprint density at radius 1 is 1.16 bits per heavy atom. The fraction of sp³-hybridized carbons (Fsp3) is 0.441. The molecule has 238 valence electrons. The maximum atomic E-state index is 12.6. The number of hydrogen-bond donors (Lipinski definition) is 4. The second-order valence-electron chi connectivity index (χ2n) is 11.6. The summed E-state index contributed by atoms with van der Waals surface area (Å²) in [5.74, 6) is -1.34. The number of ether oxygens (including phenoxy) is 1. The van der Waals surface area contributed by atoms with Crippen LogP contribution in [0, 0.1) is 12.8 Å². The smallest absolute Gasteiger partial charge is 0.342 e. The lowest BCUT2D eigenvalue weighted by atomic mass is 9.86. The molecule has 1 amide bonds. The molecule has 2 heterocycles. The van der Waals surface area contributed by atoms with Crippen molar-refractivity contribution in [1.29, 1.82) is 0 Å². The van der Waals surface area contributed by atoms with Gasteiger partial charge in [0.25, 0.3) is 0 Å². The van der Waals surface area contributed by atoms with Gasteiger partial charge in [0, 0.05) is 37.6 Å². The zero-order valence-electron chi connectivity index (χ0n) is 26.1. The number of nitrogens with zero attached hydrogens (tertiary/aromatic N) is 2. The van der Waals surface area contributed by atoms with Crippen molar-refractivity contribution in [1.82, 2.24) is 9.88 Å². The lowest BCUT2D eigenvalue weighted by Crippen LogP contribution is -2.37. The van der Waals surface area contributed by atoms with Crippen LogP contribution in [0.1, 0.15) is 79.2 Å². The van der Waals surface area contributed by atoms with Crippen molar-refractivity contribution in [3.8, 4) is 5.75 Å². The number of aryl methyl sites for hydroxylation is 1. The number of aliphatic hydroxyl groups excluding tert-OH is 2. The Balaban J connectivity index is 1.50. The number of phenolic OH excluding ortho intramolecular Hbond substituents is 1. The van der Waals surface area contributed by atoms with E-state index in [-0.39, 0.29) is 41.9 Å². The fourth-order valence-electron chi connectivity index (χ4n) is 4.81. The Morgan fingerprint density at radius 3 is 2.57 bits per heavy atom. The molecule has 0 bridgehead atoms. The van der Waals surface area contributed by atoms with Crippen LogP contribution in [0.15, 0.2) is 70.9 Å². The van der Waals surface area contributed by atoms with Crippen molar-refractivity contribution in [2.75, 3.05) is 20.2 Å². The number of hydrogen-bond acceptors (Lipinski definition) is 9. The molecule has 44 heavy (non-hydrogen) atoms. The van der Waals surface area contributed by atoms with Crippen molar-refractivity contribution in [3.63, 3.8) is 0 Å². The number of fused-ring (bicyclic) bond motifs is 1. The van der Waals surface area contributed by atoms with Gasteiger partial charge in [-0.25, -0.2) is 9.78 Å². The minimum atomic E-state index is -1.73. The second kappa shape index (κ2) is 15.7. The number of esters is 1. The molecule has 0 saturated heterocycles. The highest BCUT2D eigenvalue weighted by Gasteiger charge is 2.40. The van der Waals surface area contributed by atoms with Gasteiger partial charge in [0.05, 0.1) is 12.3 Å². The Hall–Kier alpha value is -3.99. The van der Waals surface area contributed by atoms with E-state index in [1.807, 2.05) is 38.2 Å². The molecule has 1 unspecified atom stereocenters. The number of carbonyl (C=O) groups is 2. The van der Waals surface area contributed by atoms with Gasteiger partial charge in [-0.3, -0.25) is 4.79 Å². The van der Waals surface area contributed by atoms with Gasteiger partial charge in [-0.15, -0.1) is 0 Å². The molecular weight excluding hydrogens is 564 g/mol. The molecule has 10 nitrogen and oxygen atoms in total. The van der Waals surface area contributed by atoms with Gasteiger partial charge >= 0.3 is 5.97 Å². The Morgan fingerprint density at radius 2 is 1.86 bits per heavy atom. The Labute approximate surface area is 258 Å². The summed E-state index contributed by atoms with van der Waals surface area (Å²) >= 11 is 0. The monoisotopic (exact) mass is 608 g/mol. The van der Waals surface area contributed by atoms with Crippen LogP contribution in [0.5, 0.6) is 5.75 Å². The molecule has 3 rings (SSSR count). The minimum absolute atomic E-state index is 0.0197. The first-order chi connectivity index (χ1) is 20.9. The summed E-state index contributed by atoms with van der Waals surface area (Å²) in [6.45, 7) is 7.17. The van der Waals surface area contributed by atoms with E-state index in [1.54, 1.807) is 56.2 Å². The second-order valence-corrected chi connectivity index (χ2v) is 11.6. The Kier molecular flexibility index (Phi) is 12.3. The van der Waals surface area contributed by atoms with Crippen LogP contribution in [0.4, 0.5) is 0 Å². The van der Waals surface area contributed by atoms with E-state index in [0.29, 0.717) is 23.4 Å². The number of amides is 1. The number of rotatable bonds is 14. The molecule has 1 aliphatic heterocycles. The Bertz CT molecular complexity index is 1420. The molecule has 1 aromatic carbocycles. The number of aromatic hydroxyl groups is 1. The molecule has 0 radical (unpaired) electrons. The molecule has 0 saturated carbocycles. The largest absolute Gasteiger partial charge is 0.507 e. The van der Waals surface area contributed by atoms with Crippen LogP contribution in [-0.4, -0.2) is 68.5 Å². The lowest BCUT2D eigenvalue weighted by molar-refractivity contribution is -0.124. The molecular formula is C34H44N2O8. The number of cyclic esters (lactones) is 1. The van der Waals surface area contributed by atoms with E-state index in [0.717, 1.165) is 18.4 Å². The summed E-state index contributed by atoms with van der Waals surface area (Å²) in [6.07, 6.45) is 14.2. The number of likely N-dealkylation sites (N-methyl/N-ethyl adjacent to an activating group) is 1. The number of aromatic nitrogens is 1. The maximum Gasteiger partial charge on any atom is 0.342 e. The molecule has 1 aliphatic rings. The van der Waals surface area contributed by atoms with E-state index in [2.05, 4.69) is 4.98 Å². The summed E-state index contributed by atoms with van der Waals surface area (Å²) in [4.78, 5) is 30.5. The quantitative estimate of drug-likeness (QED) is 0.0793. The van der Waals surface area contributed by atoms with E-state index < -0.39 is 30.4 Å². The number of phenols is 1. The first-order valence-electron chi connectivity index (χ1n) is 14.7. The minimum Gasteiger partial charge on any atom is -0.507 e. The van der Waals surface area contributed by atoms with Crippen molar-refractivity contribution < 1.29 is 39.2 Å². The highest BCUT2D eigenvalue weighted by atomic mass is 16.6. The summed E-state index contributed by atoms with van der Waals surface area (Å²) < 4.78 is 11.0. The number of allylic oxidation sites excluding steroid dienone is 5. The topological polar surface area (TPSA) is 154 Å². The summed E-state index contributed by atoms with van der Waals surface area (Å²) in [5, 5.41) is 42.1. The fourth-order valence-corrected chi connectivity index (χ4v) is 4.81. The van der Waals surface area contributed by atoms with Gasteiger partial charge in [0.1, 0.15) is 29.8 Å². The molecule has 0 fully saturated rings. The predicted octanol–water partition coefficient (Wildman–Crippen LogP) is 4.58. The number of benzene rings is 1. The molecule has 0 spiro atoms. The number of aliphatic hydroxyl groups is 3. The normalized spacial score (nSPS) is 18.8. The van der Waals surface area contributed by atoms with E-state index in [4.69, 9.17) is 9.15 Å². The molecule has 10 heteroatoms. The lowest BCUT2D eigenvalue weighted by Gasteiger charge is -2.33. The van der Waals surface area contributed by atoms with Crippen molar-refractivity contribution in [2.45, 2.75) is 71.2 Å². The van der Waals surface area contributed by atoms with Crippen molar-refractivity contribution in [2.24, 2.45) is 5.92 Å². The zero-order valence-corrected chi connectivity index (χ0v) is 26.1. The maximum absolute atomic E-state index is 12.6. The van der Waals surface area contributed by atoms with Crippen LogP contribution in [0.3, 0.4) is 0 Å². The molecule has 1 aromatic heterocycles. The van der Waals surface area contributed by atoms with Gasteiger partial charge in [0.15, 0.2) is 5.60 Å². The average molecular weight is 609 g/mol. The summed E-state index contributed by atoms with van der Waals surface area (Å²) in [5.41, 5.74) is 0.498. The van der Waals surface area contributed by atoms with Crippen LogP contribution < -0.4 is 0 Å². The summed E-state index contributed by atoms with van der Waals surface area (Å²) in [6, 6.07) is 3.25. The van der Waals surface area contributed by atoms with E-state index >= 15 is 0 Å². The van der Waals surface area contributed by atoms with Crippen LogP contribution in [0.25, 0.3) is 0 Å². The summed E-state index contributed by atoms with van der Waals surface area (Å²) in [7, 11) is 1.76. The van der Waals surface area contributed by atoms with Gasteiger partial charge in [0.2, 0.25) is 11.8 Å². The number of oxazole rings is 1. The molecule has 0 aliphatic carbocycles. The highest BCUT2D eigenvalue weighted by Crippen LogP contribution is 2.39. The number of unbranched alkanes of at least 4 members (excludes halogenated alkanes) is 1. The van der Waals surface area contributed by atoms with Crippen LogP contribution in [-0.2, 0) is 21.6 Å². The van der Waals surface area contributed by atoms with E-state index in [1.165, 1.54) is 6.26 Å². The van der Waals surface area contributed by atoms with Crippen molar-refractivity contribution in [3.05, 3.63) is 94.8 Å². The highest BCUT2D eigenvalue weighted by molar-refractivity contribution is 5.96. The zero-order chi connectivity index (χ0) is 32.4. The molecule has 4 atom stereocenters. The standard InChI is InChI=1S/C34H44N2O8/c1-22(2)18-27(38)36(5)17-13-11-9-7-6-8-10-12-16-34(42,21-37)33-35-25(20-43-33)19-24(4)31-30(40)26-15-14-23(3)29(39)28(26)32(41)44-31/h6,8,10-15,18,20,24,30-31,37,39-40,42H,7,9,16-17,19,21H2,1-5H3/b8-6+,12-10+,13-11+/t24-,30+,31-,34?/m1/s1. The van der Waals surface area contributed by atoms with Gasteiger partial charge in [-0.05, 0) is 45.6 Å². The van der Waals surface area contributed by atoms with Crippen LogP contribution >= 0.6 is 0 Å². The van der Waals surface area contributed by atoms with E-state index in [9.17, 15) is 30.0 Å². The first kappa shape index (κ1) is 34.5. The number of carbonyl (C=O) groups excluding carboxylic acids is 2. The molecule has 2 aromatic rings. The van der Waals surface area contributed by atoms with Gasteiger partial charge in [-0.2, -0.15) is 0 Å². The van der Waals surface area contributed by atoms with Crippen molar-refractivity contribution >= 4 is 11.9 Å². The predicted molar refractivity (Wildman–Crippen MR) is 166 cm³/mol. The third-order valence-corrected chi connectivity index (χ3v) is 7.47. The third-order valence-electron chi connectivity index (χ3n) is 7.47. The first-order valence-corrected chi connectivity index (χ1v) is 14.7. The molecule has 4 N–H and O–H groups in total. The van der Waals surface area contributed by atoms with Gasteiger partial charge in [-0.1, -0.05) is 61.1 Å². The SMILES string of the molecule is CC(C)=CC(=O)N(C)C/C=C/CC/C=C/C=C/CC(O)(CO)c1nc(C[C@@H](C)[C@H]2OC(=O)c3c(ccc(C)c3O)[C@@H]2O)co1. The van der Waals surface area contributed by atoms with Gasteiger partial charge < -0.3 is 34.5 Å². The third kappa shape index (κ3) is 8.78. The average Bonchev–Trinajstić information content (AvgIpc) is 3.45.